The molecule has 0 bridgehead atoms. The summed E-state index contributed by atoms with van der Waals surface area (Å²) in [6, 6.07) is 8.54. The molecule has 3 N–H and O–H groups in total. The first kappa shape index (κ1) is 15.9. The molecule has 1 unspecified atom stereocenters. The molecule has 0 fully saturated rings. The van der Waals surface area contributed by atoms with Gasteiger partial charge in [-0.2, -0.15) is 0 Å². The zero-order valence-electron chi connectivity index (χ0n) is 12.8. The highest BCUT2D eigenvalue weighted by Crippen LogP contribution is 2.24. The molecule has 1 aliphatic rings. The Hall–Kier alpha value is -2.16. The first-order valence-electron chi connectivity index (χ1n) is 7.02. The summed E-state index contributed by atoms with van der Waals surface area (Å²) in [5.74, 6) is 0. The van der Waals surface area contributed by atoms with E-state index in [2.05, 4.69) is 48.5 Å². The summed E-state index contributed by atoms with van der Waals surface area (Å²) in [5.41, 5.74) is 9.02. The van der Waals surface area contributed by atoms with Crippen molar-refractivity contribution in [3.05, 3.63) is 66.1 Å². The lowest BCUT2D eigenvalue weighted by atomic mass is 10.0. The SMILES string of the molecule is C/C(=C\C=C/N)c1cccc(C2NC=CN2C)c1.CC. The third-order valence-electron chi connectivity index (χ3n) is 3.09. The van der Waals surface area contributed by atoms with Gasteiger partial charge in [-0.05, 0) is 42.0 Å². The third-order valence-corrected chi connectivity index (χ3v) is 3.09. The Kier molecular flexibility index (Phi) is 6.44. The van der Waals surface area contributed by atoms with E-state index in [9.17, 15) is 0 Å². The maximum absolute atomic E-state index is 5.35. The Bertz CT molecular complexity index is 501. The minimum atomic E-state index is 0.225. The molecule has 0 spiro atoms. The minimum absolute atomic E-state index is 0.225. The number of rotatable bonds is 3. The van der Waals surface area contributed by atoms with Crippen LogP contribution >= 0.6 is 0 Å². The van der Waals surface area contributed by atoms with Gasteiger partial charge in [0.15, 0.2) is 0 Å². The maximum atomic E-state index is 5.35. The monoisotopic (exact) mass is 271 g/mol. The second kappa shape index (κ2) is 8.10. The van der Waals surface area contributed by atoms with Gasteiger partial charge in [0.25, 0.3) is 0 Å². The largest absolute Gasteiger partial charge is 0.405 e. The van der Waals surface area contributed by atoms with Crippen LogP contribution in [0.3, 0.4) is 0 Å². The maximum Gasteiger partial charge on any atom is 0.124 e. The minimum Gasteiger partial charge on any atom is -0.405 e. The topological polar surface area (TPSA) is 41.3 Å². The van der Waals surface area contributed by atoms with Gasteiger partial charge < -0.3 is 16.0 Å². The molecule has 0 amide bonds. The van der Waals surface area contributed by atoms with Gasteiger partial charge in [-0.15, -0.1) is 0 Å². The number of allylic oxidation sites excluding steroid dienone is 3. The van der Waals surface area contributed by atoms with E-state index in [0.29, 0.717) is 0 Å². The summed E-state index contributed by atoms with van der Waals surface area (Å²) < 4.78 is 0. The summed E-state index contributed by atoms with van der Waals surface area (Å²) >= 11 is 0. The number of nitrogens with two attached hydrogens (primary N) is 1. The Morgan fingerprint density at radius 1 is 1.35 bits per heavy atom. The van der Waals surface area contributed by atoms with Crippen LogP contribution in [-0.2, 0) is 0 Å². The Morgan fingerprint density at radius 3 is 2.70 bits per heavy atom. The molecule has 1 heterocycles. The molecule has 20 heavy (non-hydrogen) atoms. The van der Waals surface area contributed by atoms with Crippen LogP contribution in [0.25, 0.3) is 5.57 Å². The van der Waals surface area contributed by atoms with Crippen LogP contribution in [-0.4, -0.2) is 11.9 Å². The molecule has 1 aliphatic heterocycles. The van der Waals surface area contributed by atoms with Crippen molar-refractivity contribution in [2.24, 2.45) is 5.73 Å². The van der Waals surface area contributed by atoms with Crippen molar-refractivity contribution in [1.29, 1.82) is 0 Å². The standard InChI is InChI=1S/C15H19N3.C2H6/c1-12(5-4-8-16)13-6-3-7-14(11-13)15-17-9-10-18(15)2;1-2/h3-11,15,17H,16H2,1-2H3;1-2H3/b8-4-,12-5+;. The number of nitrogens with zero attached hydrogens (tertiary/aromatic N) is 1. The van der Waals surface area contributed by atoms with E-state index in [1.165, 1.54) is 16.7 Å². The Balaban J connectivity index is 0.000000956. The smallest absolute Gasteiger partial charge is 0.124 e. The highest BCUT2D eigenvalue weighted by Gasteiger charge is 2.16. The fraction of sp³-hybridized carbons (Fsp3) is 0.294. The molecule has 0 radical (unpaired) electrons. The second-order valence-electron chi connectivity index (χ2n) is 4.41. The van der Waals surface area contributed by atoms with Gasteiger partial charge in [-0.1, -0.05) is 38.1 Å². The summed E-state index contributed by atoms with van der Waals surface area (Å²) in [4.78, 5) is 2.15. The molecule has 1 aromatic rings. The van der Waals surface area contributed by atoms with Gasteiger partial charge in [-0.25, -0.2) is 0 Å². The second-order valence-corrected chi connectivity index (χ2v) is 4.41. The molecule has 108 valence electrons. The third kappa shape index (κ3) is 3.92. The molecule has 3 heteroatoms. The first-order valence-corrected chi connectivity index (χ1v) is 7.02. The molecule has 1 aromatic carbocycles. The van der Waals surface area contributed by atoms with Gasteiger partial charge in [-0.3, -0.25) is 0 Å². The van der Waals surface area contributed by atoms with Crippen LogP contribution in [0.2, 0.25) is 0 Å². The summed E-state index contributed by atoms with van der Waals surface area (Å²) in [6.45, 7) is 6.09. The molecule has 0 saturated carbocycles. The van der Waals surface area contributed by atoms with Crippen LogP contribution in [0.15, 0.2) is 55.0 Å². The van der Waals surface area contributed by atoms with Crippen molar-refractivity contribution in [2.75, 3.05) is 7.05 Å². The Morgan fingerprint density at radius 2 is 2.10 bits per heavy atom. The zero-order chi connectivity index (χ0) is 15.0. The Labute approximate surface area is 122 Å². The predicted octanol–water partition coefficient (Wildman–Crippen LogP) is 3.59. The predicted molar refractivity (Wildman–Crippen MR) is 87.5 cm³/mol. The van der Waals surface area contributed by atoms with E-state index in [0.717, 1.165) is 0 Å². The highest BCUT2D eigenvalue weighted by molar-refractivity contribution is 5.65. The molecule has 0 aliphatic carbocycles. The van der Waals surface area contributed by atoms with Crippen molar-refractivity contribution in [2.45, 2.75) is 26.9 Å². The van der Waals surface area contributed by atoms with Gasteiger partial charge in [0.2, 0.25) is 0 Å². The van der Waals surface area contributed by atoms with E-state index in [-0.39, 0.29) is 6.17 Å². The number of hydrogen-bond acceptors (Lipinski definition) is 3. The van der Waals surface area contributed by atoms with Crippen LogP contribution < -0.4 is 11.1 Å². The summed E-state index contributed by atoms with van der Waals surface area (Å²) in [5, 5.41) is 3.32. The van der Waals surface area contributed by atoms with Gasteiger partial charge in [0.1, 0.15) is 6.17 Å². The van der Waals surface area contributed by atoms with Crippen LogP contribution in [0.1, 0.15) is 38.1 Å². The average Bonchev–Trinajstić information content (AvgIpc) is 2.93. The van der Waals surface area contributed by atoms with Gasteiger partial charge >= 0.3 is 0 Å². The fourth-order valence-corrected chi connectivity index (χ4v) is 2.04. The van der Waals surface area contributed by atoms with E-state index in [1.54, 1.807) is 6.20 Å². The van der Waals surface area contributed by atoms with Crippen LogP contribution in [0.5, 0.6) is 0 Å². The first-order chi connectivity index (χ1) is 9.72. The lowest BCUT2D eigenvalue weighted by molar-refractivity contribution is 0.340. The number of nitrogens with one attached hydrogen (secondary N) is 1. The summed E-state index contributed by atoms with van der Waals surface area (Å²) in [7, 11) is 2.06. The van der Waals surface area contributed by atoms with Crippen molar-refractivity contribution in [3.8, 4) is 0 Å². The number of hydrogen-bond donors (Lipinski definition) is 2. The van der Waals surface area contributed by atoms with E-state index in [1.807, 2.05) is 38.4 Å². The van der Waals surface area contributed by atoms with Gasteiger partial charge in [0.05, 0.1) is 0 Å². The van der Waals surface area contributed by atoms with Crippen molar-refractivity contribution in [1.82, 2.24) is 10.2 Å². The quantitative estimate of drug-likeness (QED) is 0.825. The fourth-order valence-electron chi connectivity index (χ4n) is 2.04. The summed E-state index contributed by atoms with van der Waals surface area (Å²) in [6.07, 6.45) is 9.65. The lowest BCUT2D eigenvalue weighted by Gasteiger charge is -2.22. The zero-order valence-corrected chi connectivity index (χ0v) is 12.8. The highest BCUT2D eigenvalue weighted by atomic mass is 15.3. The van der Waals surface area contributed by atoms with Crippen LogP contribution in [0.4, 0.5) is 0 Å². The molecular formula is C17H25N3. The lowest BCUT2D eigenvalue weighted by Crippen LogP contribution is -2.23. The average molecular weight is 271 g/mol. The van der Waals surface area contributed by atoms with Crippen molar-refractivity contribution in [3.63, 3.8) is 0 Å². The molecule has 0 saturated heterocycles. The molecule has 1 atom stereocenters. The van der Waals surface area contributed by atoms with E-state index < -0.39 is 0 Å². The normalized spacial score (nSPS) is 17.9. The molecule has 3 nitrogen and oxygen atoms in total. The number of benzene rings is 1. The molecular weight excluding hydrogens is 246 g/mol. The van der Waals surface area contributed by atoms with Crippen LogP contribution in [0, 0.1) is 0 Å². The molecule has 2 rings (SSSR count). The van der Waals surface area contributed by atoms with E-state index in [4.69, 9.17) is 5.73 Å². The van der Waals surface area contributed by atoms with Gasteiger partial charge in [0, 0.05) is 19.4 Å². The van der Waals surface area contributed by atoms with Crippen molar-refractivity contribution < 1.29 is 0 Å². The van der Waals surface area contributed by atoms with Crippen molar-refractivity contribution >= 4 is 5.57 Å². The molecule has 0 aromatic heterocycles. The van der Waals surface area contributed by atoms with E-state index >= 15 is 0 Å².